The molecule has 6 nitrogen and oxygen atoms in total. The van der Waals surface area contributed by atoms with Crippen LogP contribution in [0.4, 0.5) is 4.39 Å². The van der Waals surface area contributed by atoms with E-state index in [4.69, 9.17) is 0 Å². The fourth-order valence-electron chi connectivity index (χ4n) is 2.38. The number of carboxylic acids is 1. The molecule has 0 aliphatic carbocycles. The molecule has 3 N–H and O–H groups in total. The monoisotopic (exact) mass is 327 g/mol. The van der Waals surface area contributed by atoms with Gasteiger partial charge in [-0.15, -0.1) is 0 Å². The molecule has 3 aromatic rings. The van der Waals surface area contributed by atoms with Crippen LogP contribution in [0.2, 0.25) is 0 Å². The summed E-state index contributed by atoms with van der Waals surface area (Å²) < 4.78 is 12.9. The number of aliphatic carboxylic acids is 1. The summed E-state index contributed by atoms with van der Waals surface area (Å²) in [5.74, 6) is -2.05. The molecular formula is C17H14FN3O3. The molecule has 1 aromatic heterocycles. The Kier molecular flexibility index (Phi) is 4.24. The van der Waals surface area contributed by atoms with Gasteiger partial charge in [-0.3, -0.25) is 9.89 Å². The molecule has 122 valence electrons. The van der Waals surface area contributed by atoms with Crippen LogP contribution in [0.25, 0.3) is 10.9 Å². The lowest BCUT2D eigenvalue weighted by atomic mass is 10.1. The molecule has 24 heavy (non-hydrogen) atoms. The molecule has 1 atom stereocenters. The third-order valence-corrected chi connectivity index (χ3v) is 3.66. The molecule has 0 bridgehead atoms. The molecule has 1 unspecified atom stereocenters. The van der Waals surface area contributed by atoms with Crippen molar-refractivity contribution in [2.75, 3.05) is 0 Å². The second kappa shape index (κ2) is 6.49. The summed E-state index contributed by atoms with van der Waals surface area (Å²) in [6.07, 6.45) is 1.65. The van der Waals surface area contributed by atoms with E-state index in [1.807, 2.05) is 0 Å². The van der Waals surface area contributed by atoms with Gasteiger partial charge in [0.15, 0.2) is 0 Å². The Morgan fingerprint density at radius 1 is 1.21 bits per heavy atom. The summed E-state index contributed by atoms with van der Waals surface area (Å²) in [5.41, 5.74) is 1.75. The maximum Gasteiger partial charge on any atom is 0.326 e. The maximum absolute atomic E-state index is 12.9. The second-order valence-corrected chi connectivity index (χ2v) is 5.37. The van der Waals surface area contributed by atoms with E-state index in [1.165, 1.54) is 24.3 Å². The highest BCUT2D eigenvalue weighted by atomic mass is 19.1. The number of carbonyl (C=O) groups excluding carboxylic acids is 1. The molecule has 0 fully saturated rings. The van der Waals surface area contributed by atoms with Gasteiger partial charge in [-0.25, -0.2) is 9.18 Å². The van der Waals surface area contributed by atoms with Crippen LogP contribution in [-0.4, -0.2) is 33.2 Å². The molecule has 0 spiro atoms. The zero-order valence-electron chi connectivity index (χ0n) is 12.5. The summed E-state index contributed by atoms with van der Waals surface area (Å²) in [5, 5.41) is 19.2. The van der Waals surface area contributed by atoms with Crippen LogP contribution < -0.4 is 5.32 Å². The minimum Gasteiger partial charge on any atom is -0.480 e. The first kappa shape index (κ1) is 15.7. The number of aromatic amines is 1. The Morgan fingerprint density at radius 2 is 1.96 bits per heavy atom. The predicted octanol–water partition coefficient (Wildman–Crippen LogP) is 2.13. The molecule has 3 rings (SSSR count). The number of carbonyl (C=O) groups is 2. The zero-order chi connectivity index (χ0) is 17.1. The Bertz CT molecular complexity index is 889. The summed E-state index contributed by atoms with van der Waals surface area (Å²) in [6, 6.07) is 9.31. The molecule has 0 saturated heterocycles. The molecule has 0 aliphatic heterocycles. The lowest BCUT2D eigenvalue weighted by molar-refractivity contribution is -0.139. The third-order valence-electron chi connectivity index (χ3n) is 3.66. The zero-order valence-corrected chi connectivity index (χ0v) is 12.5. The van der Waals surface area contributed by atoms with Crippen molar-refractivity contribution >= 4 is 22.8 Å². The van der Waals surface area contributed by atoms with Gasteiger partial charge in [0.2, 0.25) is 0 Å². The number of hydrogen-bond acceptors (Lipinski definition) is 3. The fraction of sp³-hybridized carbons (Fsp3) is 0.118. The van der Waals surface area contributed by atoms with Crippen LogP contribution in [0, 0.1) is 5.82 Å². The smallest absolute Gasteiger partial charge is 0.326 e. The largest absolute Gasteiger partial charge is 0.480 e. The first-order valence-electron chi connectivity index (χ1n) is 7.24. The van der Waals surface area contributed by atoms with Crippen LogP contribution in [0.15, 0.2) is 48.7 Å². The first-order chi connectivity index (χ1) is 11.5. The van der Waals surface area contributed by atoms with Crippen molar-refractivity contribution in [1.82, 2.24) is 15.5 Å². The van der Waals surface area contributed by atoms with Gasteiger partial charge in [0.25, 0.3) is 5.91 Å². The molecule has 0 radical (unpaired) electrons. The second-order valence-electron chi connectivity index (χ2n) is 5.37. The van der Waals surface area contributed by atoms with Crippen molar-refractivity contribution in [3.05, 3.63) is 65.6 Å². The van der Waals surface area contributed by atoms with Crippen molar-refractivity contribution in [3.8, 4) is 0 Å². The number of aromatic nitrogens is 2. The highest BCUT2D eigenvalue weighted by Gasteiger charge is 2.21. The minimum absolute atomic E-state index is 0.0648. The van der Waals surface area contributed by atoms with Gasteiger partial charge in [-0.1, -0.05) is 12.1 Å². The third kappa shape index (κ3) is 3.40. The number of benzene rings is 2. The number of rotatable bonds is 5. The summed E-state index contributed by atoms with van der Waals surface area (Å²) in [7, 11) is 0. The summed E-state index contributed by atoms with van der Waals surface area (Å²) in [6.45, 7) is 0. The van der Waals surface area contributed by atoms with Crippen LogP contribution in [0.5, 0.6) is 0 Å². The van der Waals surface area contributed by atoms with E-state index in [0.29, 0.717) is 11.1 Å². The van der Waals surface area contributed by atoms with E-state index in [9.17, 15) is 19.1 Å². The van der Waals surface area contributed by atoms with Crippen molar-refractivity contribution in [1.29, 1.82) is 0 Å². The van der Waals surface area contributed by atoms with E-state index in [0.717, 1.165) is 10.9 Å². The van der Waals surface area contributed by atoms with Crippen LogP contribution in [-0.2, 0) is 11.2 Å². The Hall–Kier alpha value is -3.22. The molecule has 2 aromatic carbocycles. The number of amides is 1. The van der Waals surface area contributed by atoms with Gasteiger partial charge in [0, 0.05) is 17.4 Å². The normalized spacial score (nSPS) is 12.0. The van der Waals surface area contributed by atoms with E-state index in [2.05, 4.69) is 15.5 Å². The fourth-order valence-corrected chi connectivity index (χ4v) is 2.38. The lowest BCUT2D eigenvalue weighted by Gasteiger charge is -2.15. The summed E-state index contributed by atoms with van der Waals surface area (Å²) in [4.78, 5) is 23.7. The van der Waals surface area contributed by atoms with E-state index in [1.54, 1.807) is 24.4 Å². The maximum atomic E-state index is 12.9. The number of nitrogens with one attached hydrogen (secondary N) is 2. The van der Waals surface area contributed by atoms with Crippen LogP contribution >= 0.6 is 0 Å². The standard InChI is InChI=1S/C17H14FN3O3/c18-13-4-1-10(2-5-13)7-15(17(23)24)20-16(22)11-3-6-14-12(8-11)9-19-21-14/h1-6,8-9,15H,7H2,(H,19,21)(H,20,22)(H,23,24). The number of halogens is 1. The Morgan fingerprint density at radius 3 is 2.67 bits per heavy atom. The van der Waals surface area contributed by atoms with Crippen molar-refractivity contribution in [3.63, 3.8) is 0 Å². The van der Waals surface area contributed by atoms with Gasteiger partial charge in [0.05, 0.1) is 11.7 Å². The SMILES string of the molecule is O=C(NC(Cc1ccc(F)cc1)C(=O)O)c1ccc2[nH]ncc2c1. The number of carboxylic acid groups (broad SMARTS) is 1. The van der Waals surface area contributed by atoms with Crippen LogP contribution in [0.1, 0.15) is 15.9 Å². The molecule has 0 saturated carbocycles. The lowest BCUT2D eigenvalue weighted by Crippen LogP contribution is -2.42. The van der Waals surface area contributed by atoms with Crippen molar-refractivity contribution in [2.24, 2.45) is 0 Å². The Labute approximate surface area is 136 Å². The number of H-pyrrole nitrogens is 1. The van der Waals surface area contributed by atoms with Gasteiger partial charge in [0.1, 0.15) is 11.9 Å². The number of fused-ring (bicyclic) bond motifs is 1. The van der Waals surface area contributed by atoms with Gasteiger partial charge in [-0.2, -0.15) is 5.10 Å². The molecule has 0 aliphatic rings. The quantitative estimate of drug-likeness (QED) is 0.669. The Balaban J connectivity index is 1.75. The average molecular weight is 327 g/mol. The number of hydrogen-bond donors (Lipinski definition) is 3. The highest BCUT2D eigenvalue weighted by molar-refractivity contribution is 5.99. The van der Waals surface area contributed by atoms with Crippen molar-refractivity contribution in [2.45, 2.75) is 12.5 Å². The van der Waals surface area contributed by atoms with Gasteiger partial charge >= 0.3 is 5.97 Å². The molecule has 1 amide bonds. The van der Waals surface area contributed by atoms with Crippen LogP contribution in [0.3, 0.4) is 0 Å². The van der Waals surface area contributed by atoms with E-state index >= 15 is 0 Å². The minimum atomic E-state index is -1.16. The molecule has 7 heteroatoms. The number of nitrogens with zero attached hydrogens (tertiary/aromatic N) is 1. The topological polar surface area (TPSA) is 95.1 Å². The van der Waals surface area contributed by atoms with Gasteiger partial charge < -0.3 is 10.4 Å². The summed E-state index contributed by atoms with van der Waals surface area (Å²) >= 11 is 0. The first-order valence-corrected chi connectivity index (χ1v) is 7.24. The average Bonchev–Trinajstić information content (AvgIpc) is 3.03. The molecular weight excluding hydrogens is 313 g/mol. The predicted molar refractivity (Wildman–Crippen MR) is 85.1 cm³/mol. The van der Waals surface area contributed by atoms with Gasteiger partial charge in [-0.05, 0) is 35.9 Å². The van der Waals surface area contributed by atoms with Crippen molar-refractivity contribution < 1.29 is 19.1 Å². The molecule has 1 heterocycles. The van der Waals surface area contributed by atoms with E-state index < -0.39 is 23.7 Å². The van der Waals surface area contributed by atoms with E-state index in [-0.39, 0.29) is 6.42 Å². The highest BCUT2D eigenvalue weighted by Crippen LogP contribution is 2.13.